The molecule has 154 valence electrons. The Balaban J connectivity index is 1.56. The minimum Gasteiger partial charge on any atom is -0.497 e. The van der Waals surface area contributed by atoms with E-state index in [1.165, 1.54) is 0 Å². The van der Waals surface area contributed by atoms with Crippen molar-refractivity contribution in [2.75, 3.05) is 31.6 Å². The Labute approximate surface area is 173 Å². The lowest BCUT2D eigenvalue weighted by Gasteiger charge is -2.34. The number of hydrogen-bond donors (Lipinski definition) is 0. The first-order valence-electron chi connectivity index (χ1n) is 10.3. The first kappa shape index (κ1) is 21.1. The van der Waals surface area contributed by atoms with Gasteiger partial charge in [0, 0.05) is 23.2 Å². The molecule has 1 aliphatic rings. The van der Waals surface area contributed by atoms with Gasteiger partial charge in [-0.1, -0.05) is 18.2 Å². The van der Waals surface area contributed by atoms with Crippen LogP contribution in [0.3, 0.4) is 0 Å². The number of carbonyl (C=O) groups excluding carboxylic acids is 2. The molecule has 1 aliphatic heterocycles. The van der Waals surface area contributed by atoms with E-state index in [0.717, 1.165) is 42.9 Å². The summed E-state index contributed by atoms with van der Waals surface area (Å²) in [6.45, 7) is 5.98. The van der Waals surface area contributed by atoms with Gasteiger partial charge in [0.1, 0.15) is 5.75 Å². The number of methoxy groups -OCH3 is 1. The molecule has 2 aromatic rings. The van der Waals surface area contributed by atoms with Crippen LogP contribution in [0, 0.1) is 5.92 Å². The maximum atomic E-state index is 13.0. The van der Waals surface area contributed by atoms with Crippen molar-refractivity contribution in [3.8, 4) is 5.75 Å². The quantitative estimate of drug-likeness (QED) is 0.665. The molecular formula is C24H30N2O3. The Morgan fingerprint density at radius 1 is 1.03 bits per heavy atom. The lowest BCUT2D eigenvalue weighted by Crippen LogP contribution is -2.46. The summed E-state index contributed by atoms with van der Waals surface area (Å²) in [5, 5.41) is 0. The molecule has 5 heteroatoms. The van der Waals surface area contributed by atoms with Crippen LogP contribution < -0.4 is 9.64 Å². The zero-order valence-electron chi connectivity index (χ0n) is 17.5. The molecule has 1 fully saturated rings. The van der Waals surface area contributed by atoms with Gasteiger partial charge in [0.15, 0.2) is 5.78 Å². The van der Waals surface area contributed by atoms with Crippen LogP contribution >= 0.6 is 0 Å². The van der Waals surface area contributed by atoms with E-state index in [1.54, 1.807) is 7.11 Å². The third-order valence-electron chi connectivity index (χ3n) is 5.51. The number of nitrogens with zero attached hydrogens (tertiary/aromatic N) is 2. The summed E-state index contributed by atoms with van der Waals surface area (Å²) in [5.74, 6) is 1.06. The zero-order valence-corrected chi connectivity index (χ0v) is 17.5. The fourth-order valence-electron chi connectivity index (χ4n) is 3.93. The Morgan fingerprint density at radius 3 is 2.21 bits per heavy atom. The van der Waals surface area contributed by atoms with E-state index in [1.807, 2.05) is 73.3 Å². The van der Waals surface area contributed by atoms with Gasteiger partial charge < -0.3 is 9.64 Å². The SMILES string of the molecule is COc1ccc(C(=O)C2CCN(CC(=O)N(c3ccccc3)C(C)C)CC2)cc1. The van der Waals surface area contributed by atoms with Crippen molar-refractivity contribution < 1.29 is 14.3 Å². The molecule has 0 aliphatic carbocycles. The third kappa shape index (κ3) is 5.24. The Bertz CT molecular complexity index is 810. The summed E-state index contributed by atoms with van der Waals surface area (Å²) in [5.41, 5.74) is 1.66. The van der Waals surface area contributed by atoms with Crippen LogP contribution in [0.5, 0.6) is 5.75 Å². The van der Waals surface area contributed by atoms with Crippen molar-refractivity contribution >= 4 is 17.4 Å². The summed E-state index contributed by atoms with van der Waals surface area (Å²) in [4.78, 5) is 29.8. The number of para-hydroxylation sites is 1. The second-order valence-electron chi connectivity index (χ2n) is 7.84. The molecular weight excluding hydrogens is 364 g/mol. The Hall–Kier alpha value is -2.66. The Morgan fingerprint density at radius 2 is 1.66 bits per heavy atom. The van der Waals surface area contributed by atoms with Gasteiger partial charge in [-0.15, -0.1) is 0 Å². The molecule has 0 aromatic heterocycles. The van der Waals surface area contributed by atoms with Crippen molar-refractivity contribution in [3.63, 3.8) is 0 Å². The monoisotopic (exact) mass is 394 g/mol. The lowest BCUT2D eigenvalue weighted by atomic mass is 9.89. The Kier molecular flexibility index (Phi) is 7.04. The molecule has 1 amide bonds. The predicted molar refractivity (Wildman–Crippen MR) is 116 cm³/mol. The van der Waals surface area contributed by atoms with E-state index in [0.29, 0.717) is 6.54 Å². The van der Waals surface area contributed by atoms with Crippen LogP contribution in [0.4, 0.5) is 5.69 Å². The summed E-state index contributed by atoms with van der Waals surface area (Å²) >= 11 is 0. The number of ketones is 1. The largest absolute Gasteiger partial charge is 0.497 e. The summed E-state index contributed by atoms with van der Waals surface area (Å²) < 4.78 is 5.16. The molecule has 0 bridgehead atoms. The molecule has 0 N–H and O–H groups in total. The molecule has 29 heavy (non-hydrogen) atoms. The van der Waals surface area contributed by atoms with E-state index < -0.39 is 0 Å². The van der Waals surface area contributed by atoms with Gasteiger partial charge in [0.05, 0.1) is 13.7 Å². The molecule has 0 radical (unpaired) electrons. The first-order valence-corrected chi connectivity index (χ1v) is 10.3. The first-order chi connectivity index (χ1) is 14.0. The van der Waals surface area contributed by atoms with E-state index >= 15 is 0 Å². The lowest BCUT2D eigenvalue weighted by molar-refractivity contribution is -0.120. The highest BCUT2D eigenvalue weighted by Gasteiger charge is 2.28. The van der Waals surface area contributed by atoms with Crippen LogP contribution in [0.1, 0.15) is 37.0 Å². The van der Waals surface area contributed by atoms with Gasteiger partial charge in [-0.25, -0.2) is 0 Å². The number of anilines is 1. The number of hydrogen-bond acceptors (Lipinski definition) is 4. The molecule has 5 nitrogen and oxygen atoms in total. The van der Waals surface area contributed by atoms with Gasteiger partial charge >= 0.3 is 0 Å². The molecule has 0 spiro atoms. The fourth-order valence-corrected chi connectivity index (χ4v) is 3.93. The molecule has 0 unspecified atom stereocenters. The molecule has 2 aromatic carbocycles. The van der Waals surface area contributed by atoms with E-state index in [4.69, 9.17) is 4.74 Å². The van der Waals surface area contributed by atoms with Crippen molar-refractivity contribution in [1.29, 1.82) is 0 Å². The highest BCUT2D eigenvalue weighted by Crippen LogP contribution is 2.24. The standard InChI is InChI=1S/C24H30N2O3/c1-18(2)26(21-7-5-4-6-8-21)23(27)17-25-15-13-20(14-16-25)24(28)19-9-11-22(29-3)12-10-19/h4-12,18,20H,13-17H2,1-3H3. The second kappa shape index (κ2) is 9.70. The minimum atomic E-state index is 0.0186. The smallest absolute Gasteiger partial charge is 0.241 e. The average Bonchev–Trinajstić information content (AvgIpc) is 2.74. The fraction of sp³-hybridized carbons (Fsp3) is 0.417. The molecule has 1 heterocycles. The number of carbonyl (C=O) groups is 2. The average molecular weight is 395 g/mol. The predicted octanol–water partition coefficient (Wildman–Crippen LogP) is 4.03. The zero-order chi connectivity index (χ0) is 20.8. The van der Waals surface area contributed by atoms with Crippen LogP contribution in [-0.2, 0) is 4.79 Å². The van der Waals surface area contributed by atoms with Crippen molar-refractivity contribution in [2.45, 2.75) is 32.7 Å². The van der Waals surface area contributed by atoms with Crippen molar-refractivity contribution in [2.24, 2.45) is 5.92 Å². The summed E-state index contributed by atoms with van der Waals surface area (Å²) in [7, 11) is 1.62. The maximum Gasteiger partial charge on any atom is 0.241 e. The molecule has 0 atom stereocenters. The number of ether oxygens (including phenoxy) is 1. The summed E-state index contributed by atoms with van der Waals surface area (Å²) in [6, 6.07) is 17.2. The minimum absolute atomic E-state index is 0.0186. The van der Waals surface area contributed by atoms with E-state index in [-0.39, 0.29) is 23.7 Å². The number of Topliss-reactive ketones (excluding diaryl/α,β-unsaturated/α-hetero) is 1. The van der Waals surface area contributed by atoms with Gasteiger partial charge in [-0.05, 0) is 76.2 Å². The van der Waals surface area contributed by atoms with Gasteiger partial charge in [0.25, 0.3) is 0 Å². The van der Waals surface area contributed by atoms with Gasteiger partial charge in [-0.2, -0.15) is 0 Å². The van der Waals surface area contributed by atoms with E-state index in [9.17, 15) is 9.59 Å². The van der Waals surface area contributed by atoms with Crippen molar-refractivity contribution in [3.05, 3.63) is 60.2 Å². The topological polar surface area (TPSA) is 49.9 Å². The van der Waals surface area contributed by atoms with Crippen LogP contribution in [-0.4, -0.2) is 49.4 Å². The van der Waals surface area contributed by atoms with Gasteiger partial charge in [-0.3, -0.25) is 14.5 Å². The third-order valence-corrected chi connectivity index (χ3v) is 5.51. The van der Waals surface area contributed by atoms with E-state index in [2.05, 4.69) is 4.90 Å². The normalized spacial score (nSPS) is 15.3. The van der Waals surface area contributed by atoms with Gasteiger partial charge in [0.2, 0.25) is 5.91 Å². The maximum absolute atomic E-state index is 13.0. The highest BCUT2D eigenvalue weighted by molar-refractivity contribution is 5.98. The van der Waals surface area contributed by atoms with Crippen LogP contribution in [0.25, 0.3) is 0 Å². The number of amides is 1. The number of benzene rings is 2. The second-order valence-corrected chi connectivity index (χ2v) is 7.84. The highest BCUT2D eigenvalue weighted by atomic mass is 16.5. The number of likely N-dealkylation sites (tertiary alicyclic amines) is 1. The number of rotatable bonds is 7. The molecule has 3 rings (SSSR count). The van der Waals surface area contributed by atoms with Crippen molar-refractivity contribution in [1.82, 2.24) is 4.90 Å². The molecule has 0 saturated carbocycles. The van der Waals surface area contributed by atoms with Crippen LogP contribution in [0.2, 0.25) is 0 Å². The number of piperidine rings is 1. The van der Waals surface area contributed by atoms with Crippen LogP contribution in [0.15, 0.2) is 54.6 Å². The summed E-state index contributed by atoms with van der Waals surface area (Å²) in [6.07, 6.45) is 1.57. The molecule has 1 saturated heterocycles.